The van der Waals surface area contributed by atoms with Crippen molar-refractivity contribution in [3.8, 4) is 0 Å². The van der Waals surface area contributed by atoms with Gasteiger partial charge in [0, 0.05) is 19.1 Å². The number of carboxylic acids is 1. The maximum Gasteiger partial charge on any atom is 0.317 e. The summed E-state index contributed by atoms with van der Waals surface area (Å²) in [7, 11) is 0. The van der Waals surface area contributed by atoms with Gasteiger partial charge in [-0.1, -0.05) is 12.1 Å². The van der Waals surface area contributed by atoms with Crippen molar-refractivity contribution in [3.05, 3.63) is 35.6 Å². The van der Waals surface area contributed by atoms with Crippen LogP contribution in [0.2, 0.25) is 0 Å². The summed E-state index contributed by atoms with van der Waals surface area (Å²) in [5.74, 6) is -1.26. The summed E-state index contributed by atoms with van der Waals surface area (Å²) in [6.07, 6.45) is 3.94. The van der Waals surface area contributed by atoms with Gasteiger partial charge in [-0.3, -0.25) is 4.79 Å². The van der Waals surface area contributed by atoms with Crippen molar-refractivity contribution in [1.82, 2.24) is 10.2 Å². The number of rotatable bonds is 3. The van der Waals surface area contributed by atoms with E-state index in [-0.39, 0.29) is 30.4 Å². The molecule has 3 atom stereocenters. The first-order valence-electron chi connectivity index (χ1n) is 8.56. The maximum atomic E-state index is 13.3. The number of likely N-dealkylation sites (tertiary alicyclic amines) is 1. The van der Waals surface area contributed by atoms with Crippen molar-refractivity contribution >= 4 is 12.0 Å². The van der Waals surface area contributed by atoms with E-state index < -0.39 is 11.9 Å². The number of nitrogens with one attached hydrogen (secondary N) is 1. The van der Waals surface area contributed by atoms with Crippen LogP contribution < -0.4 is 5.32 Å². The Balaban J connectivity index is 1.53. The zero-order chi connectivity index (χ0) is 17.1. The second-order valence-electron chi connectivity index (χ2n) is 6.83. The van der Waals surface area contributed by atoms with Crippen molar-refractivity contribution in [2.24, 2.45) is 5.92 Å². The van der Waals surface area contributed by atoms with Gasteiger partial charge in [0.15, 0.2) is 0 Å². The van der Waals surface area contributed by atoms with Gasteiger partial charge in [0.1, 0.15) is 5.82 Å². The molecular formula is C18H23FN2O3. The summed E-state index contributed by atoms with van der Waals surface area (Å²) in [4.78, 5) is 25.1. The highest BCUT2D eigenvalue weighted by molar-refractivity contribution is 5.76. The monoisotopic (exact) mass is 334 g/mol. The zero-order valence-corrected chi connectivity index (χ0v) is 13.6. The fraction of sp³-hybridized carbons (Fsp3) is 0.556. The molecule has 1 aliphatic heterocycles. The van der Waals surface area contributed by atoms with Gasteiger partial charge >= 0.3 is 12.0 Å². The van der Waals surface area contributed by atoms with Gasteiger partial charge in [-0.2, -0.15) is 0 Å². The number of urea groups is 1. The third-order valence-electron chi connectivity index (χ3n) is 5.14. The molecule has 0 spiro atoms. The lowest BCUT2D eigenvalue weighted by atomic mass is 9.97. The van der Waals surface area contributed by atoms with Crippen LogP contribution in [0.5, 0.6) is 0 Å². The quantitative estimate of drug-likeness (QED) is 0.893. The Labute approximate surface area is 140 Å². The highest BCUT2D eigenvalue weighted by Gasteiger charge is 2.31. The normalized spacial score (nSPS) is 27.0. The molecule has 2 aliphatic rings. The van der Waals surface area contributed by atoms with E-state index in [1.54, 1.807) is 17.0 Å². The van der Waals surface area contributed by atoms with E-state index in [4.69, 9.17) is 5.11 Å². The molecule has 3 rings (SSSR count). The van der Waals surface area contributed by atoms with Crippen LogP contribution in [-0.2, 0) is 4.79 Å². The molecule has 6 heteroatoms. The van der Waals surface area contributed by atoms with E-state index in [1.165, 1.54) is 6.07 Å². The molecule has 1 heterocycles. The predicted molar refractivity (Wildman–Crippen MR) is 87.2 cm³/mol. The molecule has 0 bridgehead atoms. The molecule has 5 nitrogen and oxygen atoms in total. The highest BCUT2D eigenvalue weighted by atomic mass is 19.1. The third-order valence-corrected chi connectivity index (χ3v) is 5.14. The number of hydrogen-bond donors (Lipinski definition) is 2. The van der Waals surface area contributed by atoms with E-state index in [9.17, 15) is 14.0 Å². The summed E-state index contributed by atoms with van der Waals surface area (Å²) in [5.41, 5.74) is 0.982. The molecule has 1 aromatic carbocycles. The number of carbonyl (C=O) groups is 2. The lowest BCUT2D eigenvalue weighted by molar-refractivity contribution is -0.143. The van der Waals surface area contributed by atoms with E-state index in [2.05, 4.69) is 5.32 Å². The first kappa shape index (κ1) is 16.7. The SMILES string of the molecule is O=C(O)C1CCCN(C(=O)NC2CCC(c3cccc(F)c3)C2)C1. The molecule has 3 unspecified atom stereocenters. The van der Waals surface area contributed by atoms with Crippen molar-refractivity contribution in [2.75, 3.05) is 13.1 Å². The molecule has 24 heavy (non-hydrogen) atoms. The summed E-state index contributed by atoms with van der Waals surface area (Å²) in [5, 5.41) is 12.1. The van der Waals surface area contributed by atoms with Gasteiger partial charge in [-0.25, -0.2) is 9.18 Å². The Morgan fingerprint density at radius 1 is 1.25 bits per heavy atom. The molecule has 1 aliphatic carbocycles. The first-order valence-corrected chi connectivity index (χ1v) is 8.56. The molecule has 0 radical (unpaired) electrons. The summed E-state index contributed by atoms with van der Waals surface area (Å²) < 4.78 is 13.3. The fourth-order valence-corrected chi connectivity index (χ4v) is 3.80. The largest absolute Gasteiger partial charge is 0.481 e. The van der Waals surface area contributed by atoms with Gasteiger partial charge in [0.2, 0.25) is 0 Å². The highest BCUT2D eigenvalue weighted by Crippen LogP contribution is 2.34. The number of carbonyl (C=O) groups excluding carboxylic acids is 1. The minimum absolute atomic E-state index is 0.0657. The number of carboxylic acid groups (broad SMARTS) is 1. The molecule has 1 aromatic rings. The second-order valence-corrected chi connectivity index (χ2v) is 6.83. The van der Waals surface area contributed by atoms with Crippen molar-refractivity contribution in [1.29, 1.82) is 0 Å². The average molecular weight is 334 g/mol. The Morgan fingerprint density at radius 3 is 2.83 bits per heavy atom. The molecule has 1 saturated heterocycles. The van der Waals surface area contributed by atoms with Gasteiger partial charge in [-0.15, -0.1) is 0 Å². The number of nitrogens with zero attached hydrogens (tertiary/aromatic N) is 1. The lowest BCUT2D eigenvalue weighted by Gasteiger charge is -2.31. The van der Waals surface area contributed by atoms with Crippen LogP contribution in [-0.4, -0.2) is 41.1 Å². The molecule has 2 fully saturated rings. The van der Waals surface area contributed by atoms with Crippen LogP contribution in [0.4, 0.5) is 9.18 Å². The van der Waals surface area contributed by atoms with Crippen molar-refractivity contribution < 1.29 is 19.1 Å². The molecule has 1 saturated carbocycles. The van der Waals surface area contributed by atoms with E-state index in [0.717, 1.165) is 31.2 Å². The Hall–Kier alpha value is -2.11. The van der Waals surface area contributed by atoms with E-state index in [1.807, 2.05) is 6.07 Å². The van der Waals surface area contributed by atoms with Gasteiger partial charge in [0.05, 0.1) is 5.92 Å². The van der Waals surface area contributed by atoms with Crippen LogP contribution in [0.15, 0.2) is 24.3 Å². The fourth-order valence-electron chi connectivity index (χ4n) is 3.80. The van der Waals surface area contributed by atoms with Crippen LogP contribution in [0.1, 0.15) is 43.6 Å². The zero-order valence-electron chi connectivity index (χ0n) is 13.6. The molecule has 130 valence electrons. The number of amides is 2. The molecular weight excluding hydrogens is 311 g/mol. The molecule has 0 aromatic heterocycles. The number of piperidine rings is 1. The molecule has 2 amide bonds. The van der Waals surface area contributed by atoms with Crippen molar-refractivity contribution in [2.45, 2.75) is 44.1 Å². The van der Waals surface area contributed by atoms with Crippen LogP contribution in [0, 0.1) is 11.7 Å². The summed E-state index contributed by atoms with van der Waals surface area (Å²) >= 11 is 0. The molecule has 2 N–H and O–H groups in total. The number of benzene rings is 1. The van der Waals surface area contributed by atoms with E-state index in [0.29, 0.717) is 13.0 Å². The minimum Gasteiger partial charge on any atom is -0.481 e. The van der Waals surface area contributed by atoms with Crippen molar-refractivity contribution in [3.63, 3.8) is 0 Å². The topological polar surface area (TPSA) is 69.6 Å². The Morgan fingerprint density at radius 2 is 2.08 bits per heavy atom. The Bertz CT molecular complexity index is 622. The first-order chi connectivity index (χ1) is 11.5. The predicted octanol–water partition coefficient (Wildman–Crippen LogP) is 2.97. The van der Waals surface area contributed by atoms with Gasteiger partial charge < -0.3 is 15.3 Å². The summed E-state index contributed by atoms with van der Waals surface area (Å²) in [6.45, 7) is 0.886. The van der Waals surface area contributed by atoms with Crippen LogP contribution in [0.25, 0.3) is 0 Å². The van der Waals surface area contributed by atoms with Gasteiger partial charge in [0.25, 0.3) is 0 Å². The minimum atomic E-state index is -0.834. The Kier molecular flexibility index (Phi) is 5.02. The third kappa shape index (κ3) is 3.86. The van der Waals surface area contributed by atoms with Crippen LogP contribution >= 0.6 is 0 Å². The smallest absolute Gasteiger partial charge is 0.317 e. The number of aliphatic carboxylic acids is 1. The number of halogens is 1. The second kappa shape index (κ2) is 7.20. The standard InChI is InChI=1S/C18H23FN2O3/c19-15-5-1-3-12(9-15)13-6-7-16(10-13)20-18(24)21-8-2-4-14(11-21)17(22)23/h1,3,5,9,13-14,16H,2,4,6-8,10-11H2,(H,20,24)(H,22,23). The van der Waals surface area contributed by atoms with E-state index >= 15 is 0 Å². The maximum absolute atomic E-state index is 13.3. The summed E-state index contributed by atoms with van der Waals surface area (Å²) in [6, 6.07) is 6.54. The average Bonchev–Trinajstić information content (AvgIpc) is 3.03. The number of hydrogen-bond acceptors (Lipinski definition) is 2. The lowest BCUT2D eigenvalue weighted by Crippen LogP contribution is -2.49. The van der Waals surface area contributed by atoms with Gasteiger partial charge in [-0.05, 0) is 55.7 Å². The van der Waals surface area contributed by atoms with Crippen LogP contribution in [0.3, 0.4) is 0 Å².